The molecular weight excluding hydrogens is 236 g/mol. The zero-order valence-electron chi connectivity index (χ0n) is 11.7. The number of hydrogen-bond donors (Lipinski definition) is 2. The molecular formula is C17H26O2. The van der Waals surface area contributed by atoms with Crippen molar-refractivity contribution < 1.29 is 10.2 Å². The normalized spacial score (nSPS) is 26.6. The Morgan fingerprint density at radius 3 is 1.58 bits per heavy atom. The average Bonchev–Trinajstić information content (AvgIpc) is 2.44. The van der Waals surface area contributed by atoms with Gasteiger partial charge in [-0.15, -0.1) is 0 Å². The molecule has 2 heteroatoms. The largest absolute Gasteiger partial charge is 0.390 e. The number of rotatable bonds is 0. The molecule has 0 saturated carbocycles. The van der Waals surface area contributed by atoms with Crippen molar-refractivity contribution in [3.05, 3.63) is 35.4 Å². The second-order valence-corrected chi connectivity index (χ2v) is 5.80. The molecule has 2 aliphatic rings. The summed E-state index contributed by atoms with van der Waals surface area (Å²) in [6.07, 6.45) is 7.97. The van der Waals surface area contributed by atoms with E-state index in [1.807, 2.05) is 0 Å². The van der Waals surface area contributed by atoms with Gasteiger partial charge in [0.05, 0.1) is 12.2 Å². The van der Waals surface area contributed by atoms with Crippen molar-refractivity contribution in [2.45, 2.75) is 70.0 Å². The lowest BCUT2D eigenvalue weighted by Crippen LogP contribution is -2.25. The summed E-state index contributed by atoms with van der Waals surface area (Å²) in [4.78, 5) is 0. The van der Waals surface area contributed by atoms with Gasteiger partial charge in [0, 0.05) is 0 Å². The third-order valence-electron chi connectivity index (χ3n) is 4.15. The fourth-order valence-electron chi connectivity index (χ4n) is 2.80. The number of aryl methyl sites for hydroxylation is 2. The van der Waals surface area contributed by atoms with Gasteiger partial charge in [0.2, 0.25) is 0 Å². The molecule has 2 aliphatic carbocycles. The minimum Gasteiger partial charge on any atom is -0.390 e. The SMILES string of the molecule is OC1CCCCCc2ccc(cc2)CCCCC1O. The number of hydrogen-bond acceptors (Lipinski definition) is 2. The fraction of sp³-hybridized carbons (Fsp3) is 0.647. The lowest BCUT2D eigenvalue weighted by Gasteiger charge is -2.17. The Hall–Kier alpha value is -0.860. The van der Waals surface area contributed by atoms with Crippen LogP contribution in [-0.2, 0) is 12.8 Å². The Morgan fingerprint density at radius 2 is 1.05 bits per heavy atom. The van der Waals surface area contributed by atoms with Crippen LogP contribution in [0.15, 0.2) is 24.3 Å². The maximum atomic E-state index is 9.89. The van der Waals surface area contributed by atoms with Gasteiger partial charge in [0.1, 0.15) is 0 Å². The summed E-state index contributed by atoms with van der Waals surface area (Å²) in [6, 6.07) is 8.97. The predicted octanol–water partition coefficient (Wildman–Crippen LogP) is 3.24. The van der Waals surface area contributed by atoms with Crippen LogP contribution >= 0.6 is 0 Å². The quantitative estimate of drug-likeness (QED) is 0.753. The van der Waals surface area contributed by atoms with Gasteiger partial charge in [-0.25, -0.2) is 0 Å². The molecule has 0 radical (unpaired) electrons. The van der Waals surface area contributed by atoms with E-state index in [0.717, 1.165) is 51.4 Å². The van der Waals surface area contributed by atoms with Gasteiger partial charge in [0.25, 0.3) is 0 Å². The van der Waals surface area contributed by atoms with Gasteiger partial charge < -0.3 is 10.2 Å². The van der Waals surface area contributed by atoms with E-state index in [1.54, 1.807) is 0 Å². The van der Waals surface area contributed by atoms with Gasteiger partial charge in [-0.1, -0.05) is 43.5 Å². The van der Waals surface area contributed by atoms with Gasteiger partial charge in [-0.05, 0) is 49.7 Å². The minimum absolute atomic E-state index is 0.529. The summed E-state index contributed by atoms with van der Waals surface area (Å²) in [5.41, 5.74) is 2.80. The molecule has 3 rings (SSSR count). The zero-order valence-corrected chi connectivity index (χ0v) is 11.7. The number of aliphatic hydroxyl groups excluding tert-OH is 2. The van der Waals surface area contributed by atoms with Crippen LogP contribution < -0.4 is 0 Å². The molecule has 106 valence electrons. The number of aliphatic hydroxyl groups is 2. The fourth-order valence-corrected chi connectivity index (χ4v) is 2.80. The summed E-state index contributed by atoms with van der Waals surface area (Å²) in [6.45, 7) is 0. The van der Waals surface area contributed by atoms with Crippen molar-refractivity contribution in [2.75, 3.05) is 0 Å². The van der Waals surface area contributed by atoms with Crippen molar-refractivity contribution in [3.8, 4) is 0 Å². The highest BCUT2D eigenvalue weighted by molar-refractivity contribution is 5.22. The molecule has 0 aromatic heterocycles. The molecule has 0 aliphatic heterocycles. The first kappa shape index (κ1) is 14.5. The lowest BCUT2D eigenvalue weighted by atomic mass is 10.0. The Bertz CT molecular complexity index is 358. The summed E-state index contributed by atoms with van der Waals surface area (Å²) in [5.74, 6) is 0. The van der Waals surface area contributed by atoms with Crippen molar-refractivity contribution in [2.24, 2.45) is 0 Å². The van der Waals surface area contributed by atoms with E-state index in [1.165, 1.54) is 17.5 Å². The van der Waals surface area contributed by atoms with Crippen LogP contribution in [0.1, 0.15) is 56.1 Å². The first-order valence-corrected chi connectivity index (χ1v) is 7.69. The average molecular weight is 262 g/mol. The van der Waals surface area contributed by atoms with E-state index >= 15 is 0 Å². The smallest absolute Gasteiger partial charge is 0.0799 e. The lowest BCUT2D eigenvalue weighted by molar-refractivity contribution is 0.00725. The predicted molar refractivity (Wildman–Crippen MR) is 78.2 cm³/mol. The molecule has 0 saturated heterocycles. The van der Waals surface area contributed by atoms with Crippen LogP contribution in [0.3, 0.4) is 0 Å². The Labute approximate surface area is 116 Å². The summed E-state index contributed by atoms with van der Waals surface area (Å²) < 4.78 is 0. The highest BCUT2D eigenvalue weighted by Crippen LogP contribution is 2.16. The van der Waals surface area contributed by atoms with Crippen LogP contribution in [0.5, 0.6) is 0 Å². The maximum absolute atomic E-state index is 9.89. The molecule has 0 amide bonds. The molecule has 19 heavy (non-hydrogen) atoms. The zero-order chi connectivity index (χ0) is 13.5. The Morgan fingerprint density at radius 1 is 0.632 bits per heavy atom. The standard InChI is InChI=1S/C17H26O2/c18-16-8-3-1-2-6-14-10-12-15(13-11-14)7-4-5-9-17(16)19/h10-13,16-19H,1-9H2. The highest BCUT2D eigenvalue weighted by Gasteiger charge is 2.15. The van der Waals surface area contributed by atoms with Crippen molar-refractivity contribution in [1.29, 1.82) is 0 Å². The molecule has 2 bridgehead atoms. The second-order valence-electron chi connectivity index (χ2n) is 5.80. The molecule has 1 aromatic rings. The topological polar surface area (TPSA) is 40.5 Å². The van der Waals surface area contributed by atoms with Crippen LogP contribution in [0.2, 0.25) is 0 Å². The number of fused-ring (bicyclic) bond motifs is 12. The maximum Gasteiger partial charge on any atom is 0.0799 e. The van der Waals surface area contributed by atoms with E-state index in [4.69, 9.17) is 0 Å². The number of benzene rings is 1. The van der Waals surface area contributed by atoms with Crippen molar-refractivity contribution in [3.63, 3.8) is 0 Å². The Kier molecular flexibility index (Phi) is 5.87. The molecule has 2 atom stereocenters. The highest BCUT2D eigenvalue weighted by atomic mass is 16.3. The summed E-state index contributed by atoms with van der Waals surface area (Å²) in [5, 5.41) is 19.8. The molecule has 2 nitrogen and oxygen atoms in total. The first-order chi connectivity index (χ1) is 9.25. The van der Waals surface area contributed by atoms with Crippen LogP contribution in [0.4, 0.5) is 0 Å². The van der Waals surface area contributed by atoms with Crippen LogP contribution in [0, 0.1) is 0 Å². The van der Waals surface area contributed by atoms with Gasteiger partial charge in [0.15, 0.2) is 0 Å². The monoisotopic (exact) mass is 262 g/mol. The molecule has 0 fully saturated rings. The third kappa shape index (κ3) is 4.96. The van der Waals surface area contributed by atoms with Crippen LogP contribution in [-0.4, -0.2) is 22.4 Å². The molecule has 0 heterocycles. The molecule has 2 unspecified atom stereocenters. The van der Waals surface area contributed by atoms with Gasteiger partial charge in [-0.3, -0.25) is 0 Å². The van der Waals surface area contributed by atoms with E-state index < -0.39 is 12.2 Å². The van der Waals surface area contributed by atoms with E-state index in [9.17, 15) is 10.2 Å². The molecule has 0 spiro atoms. The summed E-state index contributed by atoms with van der Waals surface area (Å²) in [7, 11) is 0. The molecule has 2 N–H and O–H groups in total. The van der Waals surface area contributed by atoms with Crippen molar-refractivity contribution in [1.82, 2.24) is 0 Å². The van der Waals surface area contributed by atoms with Crippen molar-refractivity contribution >= 4 is 0 Å². The van der Waals surface area contributed by atoms with E-state index in [0.29, 0.717) is 0 Å². The first-order valence-electron chi connectivity index (χ1n) is 7.69. The molecule has 1 aromatic carbocycles. The van der Waals surface area contributed by atoms with Gasteiger partial charge >= 0.3 is 0 Å². The van der Waals surface area contributed by atoms with Gasteiger partial charge in [-0.2, -0.15) is 0 Å². The van der Waals surface area contributed by atoms with E-state index in [2.05, 4.69) is 24.3 Å². The minimum atomic E-state index is -0.535. The Balaban J connectivity index is 1.93. The second kappa shape index (κ2) is 7.66. The van der Waals surface area contributed by atoms with Crippen LogP contribution in [0.25, 0.3) is 0 Å². The third-order valence-corrected chi connectivity index (χ3v) is 4.15. The van der Waals surface area contributed by atoms with E-state index in [-0.39, 0.29) is 0 Å². The summed E-state index contributed by atoms with van der Waals surface area (Å²) >= 11 is 0.